The van der Waals surface area contributed by atoms with Gasteiger partial charge in [-0.1, -0.05) is 0 Å². The lowest BCUT2D eigenvalue weighted by molar-refractivity contribution is -0.242. The number of carbonyl (C=O) groups is 3. The van der Waals surface area contributed by atoms with E-state index in [4.69, 9.17) is 18.9 Å². The quantitative estimate of drug-likeness (QED) is 0.476. The van der Waals surface area contributed by atoms with E-state index in [2.05, 4.69) is 5.10 Å². The number of carbonyl (C=O) groups excluding carboxylic acids is 3. The van der Waals surface area contributed by atoms with Crippen LogP contribution < -0.4 is 11.2 Å². The summed E-state index contributed by atoms with van der Waals surface area (Å²) in [7, 11) is 0. The summed E-state index contributed by atoms with van der Waals surface area (Å²) < 4.78 is 21.5. The van der Waals surface area contributed by atoms with Gasteiger partial charge in [0.2, 0.25) is 0 Å². The molecule has 0 radical (unpaired) electrons. The molecule has 0 spiro atoms. The Hall–Kier alpha value is -3.02. The van der Waals surface area contributed by atoms with Crippen LogP contribution in [0.25, 0.3) is 0 Å². The average molecular weight is 371 g/mol. The Morgan fingerprint density at radius 3 is 2.19 bits per heavy atom. The molecule has 1 aromatic rings. The van der Waals surface area contributed by atoms with Gasteiger partial charge >= 0.3 is 23.6 Å². The summed E-state index contributed by atoms with van der Waals surface area (Å²) in [5.74, 6) is -2.16. The van der Waals surface area contributed by atoms with Crippen molar-refractivity contribution in [3.8, 4) is 0 Å². The monoisotopic (exact) mass is 371 g/mol. The molecule has 1 aliphatic rings. The molecule has 142 valence electrons. The fraction of sp³-hybridized carbons (Fsp3) is 0.571. The third-order valence-electron chi connectivity index (χ3n) is 3.30. The normalized spacial score (nSPS) is 25.2. The molecule has 4 atom stereocenters. The lowest BCUT2D eigenvalue weighted by atomic mass is 10.0. The Morgan fingerprint density at radius 2 is 1.65 bits per heavy atom. The molecule has 1 aromatic heterocycles. The van der Waals surface area contributed by atoms with E-state index in [1.165, 1.54) is 0 Å². The van der Waals surface area contributed by atoms with Gasteiger partial charge < -0.3 is 18.9 Å². The molecule has 2 rings (SSSR count). The molecule has 12 nitrogen and oxygen atoms in total. The number of esters is 3. The lowest BCUT2D eigenvalue weighted by Crippen LogP contribution is -2.57. The fourth-order valence-electron chi connectivity index (χ4n) is 2.48. The van der Waals surface area contributed by atoms with E-state index in [0.29, 0.717) is 0 Å². The minimum Gasteiger partial charge on any atom is -0.456 e. The summed E-state index contributed by atoms with van der Waals surface area (Å²) >= 11 is 0. The predicted molar refractivity (Wildman–Crippen MR) is 80.8 cm³/mol. The van der Waals surface area contributed by atoms with E-state index in [1.807, 2.05) is 4.98 Å². The van der Waals surface area contributed by atoms with Crippen LogP contribution in [0.15, 0.2) is 15.8 Å². The maximum atomic E-state index is 12.0. The Labute approximate surface area is 146 Å². The van der Waals surface area contributed by atoms with Crippen LogP contribution >= 0.6 is 0 Å². The summed E-state index contributed by atoms with van der Waals surface area (Å²) in [4.78, 5) is 59.4. The van der Waals surface area contributed by atoms with Crippen molar-refractivity contribution < 1.29 is 33.3 Å². The van der Waals surface area contributed by atoms with Crippen molar-refractivity contribution >= 4 is 17.9 Å². The van der Waals surface area contributed by atoms with Crippen molar-refractivity contribution in [2.75, 3.05) is 6.61 Å². The van der Waals surface area contributed by atoms with Gasteiger partial charge in [0.1, 0.15) is 6.20 Å². The highest BCUT2D eigenvalue weighted by atomic mass is 16.6. The first-order valence-corrected chi connectivity index (χ1v) is 7.50. The minimum absolute atomic E-state index is 0.271. The molecule has 1 saturated heterocycles. The number of nitrogens with zero attached hydrogens (tertiary/aromatic N) is 2. The maximum absolute atomic E-state index is 12.0. The maximum Gasteiger partial charge on any atom is 0.347 e. The highest BCUT2D eigenvalue weighted by molar-refractivity contribution is 5.68. The lowest BCUT2D eigenvalue weighted by Gasteiger charge is -2.40. The van der Waals surface area contributed by atoms with Gasteiger partial charge in [0.25, 0.3) is 5.56 Å². The first-order chi connectivity index (χ1) is 12.2. The summed E-state index contributed by atoms with van der Waals surface area (Å²) in [6.45, 7) is 3.09. The van der Waals surface area contributed by atoms with Crippen molar-refractivity contribution in [2.24, 2.45) is 0 Å². The third kappa shape index (κ3) is 4.53. The van der Waals surface area contributed by atoms with Crippen LogP contribution in [-0.4, -0.2) is 57.6 Å². The zero-order valence-electron chi connectivity index (χ0n) is 14.2. The van der Waals surface area contributed by atoms with E-state index in [9.17, 15) is 24.0 Å². The molecule has 0 unspecified atom stereocenters. The SMILES string of the molecule is CC(=O)O[C@H]1[C@H](OC(C)=O)[C@@H](n2ncc(=O)[nH]c2=O)OC[C@H]1OC(C)=O. The van der Waals surface area contributed by atoms with Gasteiger partial charge in [-0.3, -0.25) is 24.2 Å². The summed E-state index contributed by atoms with van der Waals surface area (Å²) in [6.07, 6.45) is -4.17. The molecule has 0 bridgehead atoms. The van der Waals surface area contributed by atoms with Crippen LogP contribution in [0.4, 0.5) is 0 Å². The summed E-state index contributed by atoms with van der Waals surface area (Å²) in [5, 5.41) is 3.65. The molecule has 1 aliphatic heterocycles. The molecule has 0 aliphatic carbocycles. The van der Waals surface area contributed by atoms with Crippen molar-refractivity contribution in [3.63, 3.8) is 0 Å². The number of H-pyrrole nitrogens is 1. The number of ether oxygens (including phenoxy) is 4. The minimum atomic E-state index is -1.36. The number of nitrogens with one attached hydrogen (secondary N) is 1. The van der Waals surface area contributed by atoms with E-state index in [0.717, 1.165) is 31.6 Å². The van der Waals surface area contributed by atoms with E-state index >= 15 is 0 Å². The molecule has 1 fully saturated rings. The molecule has 12 heteroatoms. The number of rotatable bonds is 4. The highest BCUT2D eigenvalue weighted by Gasteiger charge is 2.48. The molecule has 0 saturated carbocycles. The Balaban J connectivity index is 2.46. The van der Waals surface area contributed by atoms with E-state index < -0.39 is 53.7 Å². The fourth-order valence-corrected chi connectivity index (χ4v) is 2.48. The van der Waals surface area contributed by atoms with Crippen LogP contribution in [0.3, 0.4) is 0 Å². The van der Waals surface area contributed by atoms with Gasteiger partial charge in [-0.15, -0.1) is 0 Å². The van der Waals surface area contributed by atoms with Crippen molar-refractivity contribution in [2.45, 2.75) is 45.3 Å². The first kappa shape index (κ1) is 19.3. The molecule has 0 amide bonds. The topological polar surface area (TPSA) is 156 Å². The van der Waals surface area contributed by atoms with Crippen LogP contribution in [0, 0.1) is 0 Å². The molecule has 0 aromatic carbocycles. The second-order valence-electron chi connectivity index (χ2n) is 5.40. The van der Waals surface area contributed by atoms with E-state index in [1.54, 1.807) is 0 Å². The number of aromatic nitrogens is 3. The zero-order valence-corrected chi connectivity index (χ0v) is 14.2. The smallest absolute Gasteiger partial charge is 0.347 e. The van der Waals surface area contributed by atoms with E-state index in [-0.39, 0.29) is 6.61 Å². The van der Waals surface area contributed by atoms with Gasteiger partial charge in [0.15, 0.2) is 24.5 Å². The standard InChI is InChI=1S/C14H17N3O9/c1-6(18)24-9-5-23-13(17-14(22)16-10(21)4-15-17)12(26-8(3)20)11(9)25-7(2)19/h4,9,11-13H,5H2,1-3H3,(H,16,21,22)/t9-,11-,12+,13+/m1/s1. The average Bonchev–Trinajstić information content (AvgIpc) is 2.50. The second kappa shape index (κ2) is 7.91. The molecule has 2 heterocycles. The number of hydrogen-bond acceptors (Lipinski definition) is 10. The Kier molecular flexibility index (Phi) is 5.87. The van der Waals surface area contributed by atoms with Gasteiger partial charge in [0, 0.05) is 20.8 Å². The predicted octanol–water partition coefficient (Wildman–Crippen LogP) is -1.74. The number of hydrogen-bond donors (Lipinski definition) is 1. The van der Waals surface area contributed by atoms with Crippen LogP contribution in [0.1, 0.15) is 27.0 Å². The van der Waals surface area contributed by atoms with Crippen molar-refractivity contribution in [1.82, 2.24) is 14.8 Å². The van der Waals surface area contributed by atoms with Crippen LogP contribution in [-0.2, 0) is 33.3 Å². The Morgan fingerprint density at radius 1 is 1.08 bits per heavy atom. The summed E-state index contributed by atoms with van der Waals surface area (Å²) in [5.41, 5.74) is -1.66. The zero-order chi connectivity index (χ0) is 19.4. The van der Waals surface area contributed by atoms with Gasteiger partial charge in [-0.2, -0.15) is 9.78 Å². The van der Waals surface area contributed by atoms with Gasteiger partial charge in [0.05, 0.1) is 6.61 Å². The molecule has 26 heavy (non-hydrogen) atoms. The van der Waals surface area contributed by atoms with Gasteiger partial charge in [-0.25, -0.2) is 4.79 Å². The third-order valence-corrected chi connectivity index (χ3v) is 3.30. The first-order valence-electron chi connectivity index (χ1n) is 7.50. The van der Waals surface area contributed by atoms with Crippen LogP contribution in [0.2, 0.25) is 0 Å². The van der Waals surface area contributed by atoms with Crippen molar-refractivity contribution in [1.29, 1.82) is 0 Å². The van der Waals surface area contributed by atoms with Crippen molar-refractivity contribution in [3.05, 3.63) is 27.0 Å². The number of aromatic amines is 1. The molecular formula is C14H17N3O9. The van der Waals surface area contributed by atoms with Gasteiger partial charge in [-0.05, 0) is 0 Å². The second-order valence-corrected chi connectivity index (χ2v) is 5.40. The molecular weight excluding hydrogens is 354 g/mol. The largest absolute Gasteiger partial charge is 0.456 e. The Bertz CT molecular complexity index is 814. The summed E-state index contributed by atoms with van der Waals surface area (Å²) in [6, 6.07) is 0. The molecule has 1 N–H and O–H groups in total. The highest BCUT2D eigenvalue weighted by Crippen LogP contribution is 2.29. The van der Waals surface area contributed by atoms with Crippen LogP contribution in [0.5, 0.6) is 0 Å².